The Morgan fingerprint density at radius 2 is 1.78 bits per heavy atom. The Labute approximate surface area is 54.8 Å². The van der Waals surface area contributed by atoms with E-state index in [0.717, 1.165) is 0 Å². The summed E-state index contributed by atoms with van der Waals surface area (Å²) in [6, 6.07) is 0. The van der Waals surface area contributed by atoms with Crippen LogP contribution in [0.25, 0.3) is 0 Å². The van der Waals surface area contributed by atoms with E-state index in [1.54, 1.807) is 0 Å². The molecule has 0 amide bonds. The third-order valence-electron chi connectivity index (χ3n) is 0.643. The van der Waals surface area contributed by atoms with E-state index in [1.807, 2.05) is 0 Å². The van der Waals surface area contributed by atoms with E-state index in [2.05, 4.69) is 0 Å². The highest BCUT2D eigenvalue weighted by Crippen LogP contribution is 2.21. The molecule has 1 radical (unpaired) electrons. The quantitative estimate of drug-likeness (QED) is 0.443. The maximum Gasteiger partial charge on any atom is 0.278 e. The van der Waals surface area contributed by atoms with Gasteiger partial charge in [0, 0.05) is 0 Å². The minimum atomic E-state index is -3.36. The predicted octanol–water partition coefficient (Wildman–Crippen LogP) is 2.33. The summed E-state index contributed by atoms with van der Waals surface area (Å²) in [5.41, 5.74) is 0. The summed E-state index contributed by atoms with van der Waals surface area (Å²) >= 11 is 4.72. The van der Waals surface area contributed by atoms with Crippen LogP contribution in [0.2, 0.25) is 0 Å². The van der Waals surface area contributed by atoms with E-state index >= 15 is 0 Å². The van der Waals surface area contributed by atoms with Crippen LogP contribution in [0.1, 0.15) is 0 Å². The summed E-state index contributed by atoms with van der Waals surface area (Å²) in [7, 11) is 0. The number of hydrogen-bond donors (Lipinski definition) is 0. The van der Waals surface area contributed by atoms with Crippen molar-refractivity contribution in [2.75, 3.05) is 5.88 Å². The molecule has 0 saturated heterocycles. The van der Waals surface area contributed by atoms with Gasteiger partial charge in [-0.05, 0) is 0 Å². The van der Waals surface area contributed by atoms with E-state index in [-0.39, 0.29) is 0 Å². The molecule has 1 unspecified atom stereocenters. The van der Waals surface area contributed by atoms with Gasteiger partial charge in [-0.25, -0.2) is 17.6 Å². The Morgan fingerprint density at radius 3 is 1.89 bits per heavy atom. The van der Waals surface area contributed by atoms with Crippen molar-refractivity contribution < 1.29 is 17.6 Å². The van der Waals surface area contributed by atoms with Gasteiger partial charge in [0.05, 0.1) is 5.88 Å². The van der Waals surface area contributed by atoms with Gasteiger partial charge < -0.3 is 0 Å². The first-order valence-corrected chi connectivity index (χ1v) is 2.63. The van der Waals surface area contributed by atoms with Gasteiger partial charge in [0.1, 0.15) is 0 Å². The molecule has 0 bridgehead atoms. The summed E-state index contributed by atoms with van der Waals surface area (Å²) in [4.78, 5) is 0. The van der Waals surface area contributed by atoms with Crippen molar-refractivity contribution >= 4 is 11.6 Å². The number of alkyl halides is 4. The molecule has 0 aliphatic rings. The summed E-state index contributed by atoms with van der Waals surface area (Å²) in [5, 5.41) is 0. The van der Waals surface area contributed by atoms with Crippen molar-refractivity contribution in [3.8, 4) is 0 Å². The van der Waals surface area contributed by atoms with Gasteiger partial charge in [-0.3, -0.25) is 0 Å². The molecule has 0 heterocycles. The molecule has 0 fully saturated rings. The first kappa shape index (κ1) is 9.01. The van der Waals surface area contributed by atoms with E-state index in [1.165, 1.54) is 0 Å². The molecular weight excluding hydrogens is 159 g/mol. The number of rotatable bonds is 3. The second-order valence-corrected chi connectivity index (χ2v) is 1.62. The summed E-state index contributed by atoms with van der Waals surface area (Å²) in [5.74, 6) is -0.768. The fraction of sp³-hybridized carbons (Fsp3) is 0.750. The third-order valence-corrected chi connectivity index (χ3v) is 0.914. The summed E-state index contributed by atoms with van der Waals surface area (Å²) in [6.07, 6.45) is -7.70. The lowest BCUT2D eigenvalue weighted by Gasteiger charge is -2.06. The Hall–Kier alpha value is 0.01000. The van der Waals surface area contributed by atoms with Gasteiger partial charge in [0.25, 0.3) is 6.43 Å². The van der Waals surface area contributed by atoms with Gasteiger partial charge in [-0.15, -0.1) is 11.6 Å². The molecule has 0 spiro atoms. The monoisotopic (exact) mass is 163 g/mol. The maximum absolute atomic E-state index is 11.8. The zero-order chi connectivity index (χ0) is 7.44. The fourth-order valence-electron chi connectivity index (χ4n) is 0.210. The minimum Gasteiger partial charge on any atom is -0.242 e. The van der Waals surface area contributed by atoms with Gasteiger partial charge >= 0.3 is 0 Å². The average Bonchev–Trinajstić information content (AvgIpc) is 1.84. The molecule has 0 aromatic rings. The fourth-order valence-corrected chi connectivity index (χ4v) is 0.358. The Kier molecular flexibility index (Phi) is 3.93. The smallest absolute Gasteiger partial charge is 0.242 e. The van der Waals surface area contributed by atoms with Crippen molar-refractivity contribution in [3.63, 3.8) is 0 Å². The van der Waals surface area contributed by atoms with Crippen LogP contribution in [0, 0.1) is 6.17 Å². The molecule has 0 saturated carbocycles. The van der Waals surface area contributed by atoms with Crippen LogP contribution in [-0.2, 0) is 0 Å². The lowest BCUT2D eigenvalue weighted by atomic mass is 10.3. The second kappa shape index (κ2) is 3.93. The van der Waals surface area contributed by atoms with E-state index in [9.17, 15) is 17.6 Å². The van der Waals surface area contributed by atoms with Crippen molar-refractivity contribution in [3.05, 3.63) is 6.17 Å². The molecule has 55 valence electrons. The highest BCUT2D eigenvalue weighted by atomic mass is 35.5. The molecule has 0 N–H and O–H groups in total. The minimum absolute atomic E-state index is 0.768. The van der Waals surface area contributed by atoms with Gasteiger partial charge in [-0.2, -0.15) is 0 Å². The Balaban J connectivity index is 3.58. The lowest BCUT2D eigenvalue weighted by molar-refractivity contribution is 0.0800. The van der Waals surface area contributed by atoms with E-state index < -0.39 is 24.6 Å². The standard InChI is InChI=1S/C4H4ClF4/c5-1-2(6)3(7)4(8)9/h2,4H,1H2. The molecule has 1 atom stereocenters. The molecule has 0 rings (SSSR count). The summed E-state index contributed by atoms with van der Waals surface area (Å²) < 4.78 is 45.7. The van der Waals surface area contributed by atoms with E-state index in [0.29, 0.717) is 0 Å². The SMILES string of the molecule is F[C](C(F)F)C(F)CCl. The van der Waals surface area contributed by atoms with Crippen molar-refractivity contribution in [1.29, 1.82) is 0 Å². The third kappa shape index (κ3) is 2.89. The average molecular weight is 164 g/mol. The van der Waals surface area contributed by atoms with Crippen LogP contribution in [-0.4, -0.2) is 18.5 Å². The van der Waals surface area contributed by atoms with Crippen LogP contribution in [0.4, 0.5) is 17.6 Å². The molecule has 9 heavy (non-hydrogen) atoms. The van der Waals surface area contributed by atoms with Crippen molar-refractivity contribution in [2.45, 2.75) is 12.6 Å². The largest absolute Gasteiger partial charge is 0.278 e. The maximum atomic E-state index is 11.8. The molecule has 5 heteroatoms. The van der Waals surface area contributed by atoms with Gasteiger partial charge in [0.2, 0.25) is 6.17 Å². The highest BCUT2D eigenvalue weighted by Gasteiger charge is 2.30. The number of hydrogen-bond acceptors (Lipinski definition) is 0. The topological polar surface area (TPSA) is 0 Å². The van der Waals surface area contributed by atoms with Crippen molar-refractivity contribution in [2.24, 2.45) is 0 Å². The van der Waals surface area contributed by atoms with E-state index in [4.69, 9.17) is 11.6 Å². The predicted molar refractivity (Wildman–Crippen MR) is 26.0 cm³/mol. The van der Waals surface area contributed by atoms with Crippen LogP contribution >= 0.6 is 11.6 Å². The second-order valence-electron chi connectivity index (χ2n) is 1.31. The van der Waals surface area contributed by atoms with Crippen LogP contribution < -0.4 is 0 Å². The molecule has 0 aromatic carbocycles. The molecule has 0 aliphatic carbocycles. The van der Waals surface area contributed by atoms with Gasteiger partial charge in [-0.1, -0.05) is 0 Å². The van der Waals surface area contributed by atoms with Gasteiger partial charge in [0.15, 0.2) is 6.17 Å². The Morgan fingerprint density at radius 1 is 1.33 bits per heavy atom. The lowest BCUT2D eigenvalue weighted by Crippen LogP contribution is -2.17. The van der Waals surface area contributed by atoms with Crippen molar-refractivity contribution in [1.82, 2.24) is 0 Å². The molecule has 0 aromatic heterocycles. The van der Waals surface area contributed by atoms with Crippen LogP contribution in [0.3, 0.4) is 0 Å². The first-order chi connectivity index (χ1) is 4.09. The Bertz CT molecular complexity index is 77.0. The number of halogens is 5. The normalized spacial score (nSPS) is 15.0. The van der Waals surface area contributed by atoms with Crippen LogP contribution in [0.5, 0.6) is 0 Å². The van der Waals surface area contributed by atoms with Crippen LogP contribution in [0.15, 0.2) is 0 Å². The summed E-state index contributed by atoms with van der Waals surface area (Å²) in [6.45, 7) is 0. The molecule has 0 aliphatic heterocycles. The zero-order valence-electron chi connectivity index (χ0n) is 4.25. The highest BCUT2D eigenvalue weighted by molar-refractivity contribution is 6.18. The molecule has 0 nitrogen and oxygen atoms in total. The zero-order valence-corrected chi connectivity index (χ0v) is 5.01. The first-order valence-electron chi connectivity index (χ1n) is 2.10. The molecular formula is C4H4ClF4.